The van der Waals surface area contributed by atoms with Gasteiger partial charge in [-0.15, -0.1) is 6.58 Å². The second-order valence-corrected chi connectivity index (χ2v) is 8.64. The Bertz CT molecular complexity index is 764. The number of unbranched alkanes of at least 4 members (excludes halogenated alkanes) is 2. The molecule has 174 valence electrons. The van der Waals surface area contributed by atoms with Crippen LogP contribution >= 0.6 is 0 Å². The Labute approximate surface area is 193 Å². The quantitative estimate of drug-likeness (QED) is 0.266. The lowest BCUT2D eigenvalue weighted by Crippen LogP contribution is -2.50. The second-order valence-electron chi connectivity index (χ2n) is 8.64. The Kier molecular flexibility index (Phi) is 10.4. The molecule has 1 unspecified atom stereocenters. The topological polar surface area (TPSA) is 36.9 Å². The molecular weight excluding hydrogens is 400 g/mol. The minimum absolute atomic E-state index is 0.0428. The van der Waals surface area contributed by atoms with E-state index < -0.39 is 0 Å². The van der Waals surface area contributed by atoms with Gasteiger partial charge >= 0.3 is 0 Å². The van der Waals surface area contributed by atoms with Crippen molar-refractivity contribution in [2.75, 3.05) is 0 Å². The van der Waals surface area contributed by atoms with E-state index >= 15 is 0 Å². The fourth-order valence-electron chi connectivity index (χ4n) is 3.96. The first-order valence-electron chi connectivity index (χ1n) is 11.9. The molecule has 0 aromatic heterocycles. The van der Waals surface area contributed by atoms with Crippen LogP contribution in [-0.2, 0) is 32.2 Å². The van der Waals surface area contributed by atoms with Crippen LogP contribution in [0.5, 0.6) is 0 Å². The van der Waals surface area contributed by atoms with Crippen molar-refractivity contribution in [3.05, 3.63) is 84.4 Å². The minimum atomic E-state index is -0.389. The molecule has 0 bridgehead atoms. The molecule has 2 aromatic carbocycles. The van der Waals surface area contributed by atoms with Gasteiger partial charge in [-0.1, -0.05) is 73.2 Å². The first-order chi connectivity index (χ1) is 15.7. The van der Waals surface area contributed by atoms with Crippen LogP contribution in [0.3, 0.4) is 0 Å². The van der Waals surface area contributed by atoms with Crippen molar-refractivity contribution in [1.82, 2.24) is 0 Å². The molecule has 0 saturated carbocycles. The van der Waals surface area contributed by atoms with Gasteiger partial charge in [-0.3, -0.25) is 0 Å². The molecule has 0 aliphatic carbocycles. The summed E-state index contributed by atoms with van der Waals surface area (Å²) in [6.07, 6.45) is 6.47. The van der Waals surface area contributed by atoms with Gasteiger partial charge in [0.25, 0.3) is 0 Å². The Hall–Kier alpha value is -1.98. The predicted octanol–water partition coefficient (Wildman–Crippen LogP) is 6.44. The van der Waals surface area contributed by atoms with Crippen LogP contribution in [-0.4, -0.2) is 30.7 Å². The molecule has 32 heavy (non-hydrogen) atoms. The van der Waals surface area contributed by atoms with E-state index in [0.29, 0.717) is 13.2 Å². The zero-order valence-electron chi connectivity index (χ0n) is 19.5. The van der Waals surface area contributed by atoms with Crippen molar-refractivity contribution in [1.29, 1.82) is 0 Å². The normalized spacial score (nSPS) is 24.2. The summed E-state index contributed by atoms with van der Waals surface area (Å²) < 4.78 is 25.2. The fourth-order valence-corrected chi connectivity index (χ4v) is 3.96. The zero-order chi connectivity index (χ0) is 22.6. The van der Waals surface area contributed by atoms with Crippen LogP contribution in [0, 0.1) is 0 Å². The van der Waals surface area contributed by atoms with Gasteiger partial charge in [-0.2, -0.15) is 0 Å². The van der Waals surface area contributed by atoms with E-state index in [0.717, 1.165) is 43.2 Å². The van der Waals surface area contributed by atoms with Gasteiger partial charge in [0.05, 0.1) is 31.5 Å². The minimum Gasteiger partial charge on any atom is -0.371 e. The molecule has 1 saturated heterocycles. The van der Waals surface area contributed by atoms with Crippen LogP contribution in [0.4, 0.5) is 0 Å². The van der Waals surface area contributed by atoms with Gasteiger partial charge in [-0.25, -0.2) is 0 Å². The van der Waals surface area contributed by atoms with E-state index in [1.54, 1.807) is 0 Å². The first kappa shape index (κ1) is 24.7. The van der Waals surface area contributed by atoms with Gasteiger partial charge in [0.1, 0.15) is 6.10 Å². The molecule has 0 amide bonds. The maximum absolute atomic E-state index is 6.33. The Morgan fingerprint density at radius 1 is 0.938 bits per heavy atom. The molecule has 5 atom stereocenters. The summed E-state index contributed by atoms with van der Waals surface area (Å²) in [5.74, 6) is 0. The van der Waals surface area contributed by atoms with E-state index in [-0.39, 0.29) is 30.7 Å². The Morgan fingerprint density at radius 3 is 2.12 bits per heavy atom. The van der Waals surface area contributed by atoms with Gasteiger partial charge in [0.15, 0.2) is 6.29 Å². The number of ether oxygens (including phenoxy) is 4. The zero-order valence-corrected chi connectivity index (χ0v) is 19.5. The molecule has 3 rings (SSSR count). The monoisotopic (exact) mass is 438 g/mol. The molecular formula is C28H38O4. The Morgan fingerprint density at radius 2 is 1.53 bits per heavy atom. The molecule has 1 fully saturated rings. The maximum atomic E-state index is 6.33. The highest BCUT2D eigenvalue weighted by molar-refractivity contribution is 5.14. The number of hydrogen-bond donors (Lipinski definition) is 0. The van der Waals surface area contributed by atoms with Gasteiger partial charge in [0.2, 0.25) is 0 Å². The second kappa shape index (κ2) is 13.5. The highest BCUT2D eigenvalue weighted by Crippen LogP contribution is 2.28. The largest absolute Gasteiger partial charge is 0.371 e. The molecule has 1 aliphatic heterocycles. The van der Waals surface area contributed by atoms with Crippen molar-refractivity contribution in [2.24, 2.45) is 0 Å². The number of rotatable bonds is 13. The summed E-state index contributed by atoms with van der Waals surface area (Å²) >= 11 is 0. The average molecular weight is 439 g/mol. The van der Waals surface area contributed by atoms with Crippen molar-refractivity contribution in [2.45, 2.75) is 89.9 Å². The third kappa shape index (κ3) is 8.18. The summed E-state index contributed by atoms with van der Waals surface area (Å²) in [6, 6.07) is 20.5. The lowest BCUT2D eigenvalue weighted by Gasteiger charge is -2.40. The molecule has 4 nitrogen and oxygen atoms in total. The summed E-state index contributed by atoms with van der Waals surface area (Å²) in [6.45, 7) is 9.07. The molecule has 1 aliphatic rings. The summed E-state index contributed by atoms with van der Waals surface area (Å²) in [5.41, 5.74) is 2.30. The summed E-state index contributed by atoms with van der Waals surface area (Å²) in [4.78, 5) is 0. The van der Waals surface area contributed by atoms with E-state index in [4.69, 9.17) is 18.9 Å². The number of hydrogen-bond acceptors (Lipinski definition) is 4. The average Bonchev–Trinajstić information content (AvgIpc) is 2.82. The third-order valence-electron chi connectivity index (χ3n) is 5.89. The van der Waals surface area contributed by atoms with Crippen LogP contribution < -0.4 is 0 Å². The SMILES string of the molecule is C=CCCCCC(C)O[C@@H]1O[C@@H](C)[C@H](OCc2ccccc2)C[C@H]1OCc1ccccc1. The van der Waals surface area contributed by atoms with Crippen molar-refractivity contribution in [3.63, 3.8) is 0 Å². The molecule has 2 aromatic rings. The highest BCUT2D eigenvalue weighted by atomic mass is 16.7. The van der Waals surface area contributed by atoms with Crippen LogP contribution in [0.15, 0.2) is 73.3 Å². The molecule has 0 radical (unpaired) electrons. The molecule has 0 N–H and O–H groups in total. The van der Waals surface area contributed by atoms with Crippen molar-refractivity contribution < 1.29 is 18.9 Å². The van der Waals surface area contributed by atoms with E-state index in [1.165, 1.54) is 0 Å². The molecule has 4 heteroatoms. The third-order valence-corrected chi connectivity index (χ3v) is 5.89. The Balaban J connectivity index is 1.58. The van der Waals surface area contributed by atoms with Gasteiger partial charge in [0, 0.05) is 6.42 Å². The molecule has 1 heterocycles. The molecule has 0 spiro atoms. The lowest BCUT2D eigenvalue weighted by atomic mass is 10.0. The van der Waals surface area contributed by atoms with E-state index in [9.17, 15) is 0 Å². The van der Waals surface area contributed by atoms with E-state index in [1.807, 2.05) is 42.5 Å². The highest BCUT2D eigenvalue weighted by Gasteiger charge is 2.38. The first-order valence-corrected chi connectivity index (χ1v) is 11.9. The van der Waals surface area contributed by atoms with Crippen LogP contribution in [0.25, 0.3) is 0 Å². The standard InChI is InChI=1S/C28H38O4/c1-4-5-6-9-14-22(2)31-28-27(30-21-25-17-12-8-13-18-25)19-26(23(3)32-28)29-20-24-15-10-7-11-16-24/h4,7-8,10-13,15-18,22-23,26-28H,1,5-6,9,14,19-21H2,2-3H3/t22?,23-,26+,27+,28+/m0/s1. The van der Waals surface area contributed by atoms with Crippen LogP contribution in [0.2, 0.25) is 0 Å². The van der Waals surface area contributed by atoms with Crippen molar-refractivity contribution in [3.8, 4) is 0 Å². The maximum Gasteiger partial charge on any atom is 0.184 e. The fraction of sp³-hybridized carbons (Fsp3) is 0.500. The number of benzene rings is 2. The van der Waals surface area contributed by atoms with Gasteiger partial charge < -0.3 is 18.9 Å². The van der Waals surface area contributed by atoms with Crippen LogP contribution in [0.1, 0.15) is 57.1 Å². The summed E-state index contributed by atoms with van der Waals surface area (Å²) in [7, 11) is 0. The number of allylic oxidation sites excluding steroid dienone is 1. The summed E-state index contributed by atoms with van der Waals surface area (Å²) in [5, 5.41) is 0. The van der Waals surface area contributed by atoms with Gasteiger partial charge in [-0.05, 0) is 44.2 Å². The predicted molar refractivity (Wildman–Crippen MR) is 128 cm³/mol. The van der Waals surface area contributed by atoms with E-state index in [2.05, 4.69) is 44.7 Å². The lowest BCUT2D eigenvalue weighted by molar-refractivity contribution is -0.290. The van der Waals surface area contributed by atoms with Crippen molar-refractivity contribution >= 4 is 0 Å². The smallest absolute Gasteiger partial charge is 0.184 e.